The molecule has 2 saturated heterocycles. The minimum atomic E-state index is -0.919. The maximum atomic E-state index is 12.7. The van der Waals surface area contributed by atoms with Crippen molar-refractivity contribution in [2.75, 3.05) is 25.9 Å². The molecule has 1 N–H and O–H groups in total. The Balaban J connectivity index is 1.71. The number of amides is 2. The van der Waals surface area contributed by atoms with Gasteiger partial charge in [0, 0.05) is 26.6 Å². The molecule has 0 radical (unpaired) electrons. The van der Waals surface area contributed by atoms with Gasteiger partial charge in [0.2, 0.25) is 5.91 Å². The summed E-state index contributed by atoms with van der Waals surface area (Å²) in [7, 11) is 1.69. The second-order valence-electron chi connectivity index (χ2n) is 6.50. The van der Waals surface area contributed by atoms with Gasteiger partial charge in [0.1, 0.15) is 0 Å². The molecule has 2 aliphatic heterocycles. The molecule has 8 heteroatoms. The van der Waals surface area contributed by atoms with E-state index in [2.05, 4.69) is 6.92 Å². The average molecular weight is 383 g/mol. The fourth-order valence-electron chi connectivity index (χ4n) is 3.89. The Morgan fingerprint density at radius 3 is 2.64 bits per heavy atom. The van der Waals surface area contributed by atoms with E-state index in [1.165, 1.54) is 11.3 Å². The van der Waals surface area contributed by atoms with E-state index in [1.807, 2.05) is 12.1 Å². The largest absolute Gasteiger partial charge is 0.481 e. The quantitative estimate of drug-likeness (QED) is 0.809. The molecule has 0 bridgehead atoms. The number of hydrogen-bond donors (Lipinski definition) is 1. The highest BCUT2D eigenvalue weighted by Gasteiger charge is 2.55. The van der Waals surface area contributed by atoms with Crippen molar-refractivity contribution in [2.45, 2.75) is 35.9 Å². The van der Waals surface area contributed by atoms with Crippen LogP contribution >= 0.6 is 23.1 Å². The molecule has 2 amide bonds. The van der Waals surface area contributed by atoms with Gasteiger partial charge in [0.25, 0.3) is 5.91 Å². The molecule has 1 aromatic rings. The summed E-state index contributed by atoms with van der Waals surface area (Å²) in [5, 5.41) is 9.51. The van der Waals surface area contributed by atoms with Gasteiger partial charge in [-0.3, -0.25) is 14.4 Å². The standard InChI is InChI=1S/C17H22N2O4S2/c1-3-24-14-5-4-12(25-14)15(21)19-8-6-17(7-9-19)11(16(22)23)10-13(20)18(17)2/h4-5,11H,3,6-10H2,1-2H3,(H,22,23)/t11-/m1/s1. The number of carboxylic acid groups (broad SMARTS) is 1. The number of rotatable bonds is 4. The SMILES string of the molecule is CCSc1ccc(C(=O)N2CCC3(CC2)[C@@H](C(=O)O)CC(=O)N3C)s1. The molecule has 0 saturated carbocycles. The van der Waals surface area contributed by atoms with Crippen molar-refractivity contribution in [1.82, 2.24) is 9.80 Å². The summed E-state index contributed by atoms with van der Waals surface area (Å²) in [6, 6.07) is 3.84. The predicted octanol–water partition coefficient (Wildman–Crippen LogP) is 2.40. The maximum absolute atomic E-state index is 12.7. The van der Waals surface area contributed by atoms with E-state index in [4.69, 9.17) is 0 Å². The smallest absolute Gasteiger partial charge is 0.309 e. The summed E-state index contributed by atoms with van der Waals surface area (Å²) >= 11 is 3.22. The zero-order valence-electron chi connectivity index (χ0n) is 14.4. The van der Waals surface area contributed by atoms with Crippen LogP contribution in [-0.2, 0) is 9.59 Å². The number of carbonyl (C=O) groups is 3. The summed E-state index contributed by atoms with van der Waals surface area (Å²) in [4.78, 5) is 40.5. The molecule has 1 aromatic heterocycles. The van der Waals surface area contributed by atoms with E-state index in [0.29, 0.717) is 25.9 Å². The summed E-state index contributed by atoms with van der Waals surface area (Å²) in [6.07, 6.45) is 1.09. The van der Waals surface area contributed by atoms with Gasteiger partial charge in [-0.2, -0.15) is 0 Å². The first-order valence-electron chi connectivity index (χ1n) is 8.40. The molecule has 136 valence electrons. The number of thioether (sulfide) groups is 1. The van der Waals surface area contributed by atoms with Crippen LogP contribution in [-0.4, -0.2) is 64.1 Å². The lowest BCUT2D eigenvalue weighted by molar-refractivity contribution is -0.145. The number of carbonyl (C=O) groups excluding carboxylic acids is 2. The van der Waals surface area contributed by atoms with Crippen LogP contribution in [0.5, 0.6) is 0 Å². The Kier molecular flexibility index (Phi) is 5.11. The van der Waals surface area contributed by atoms with Crippen molar-refractivity contribution in [2.24, 2.45) is 5.92 Å². The lowest BCUT2D eigenvalue weighted by atomic mass is 9.77. The van der Waals surface area contributed by atoms with Crippen LogP contribution in [0.1, 0.15) is 35.9 Å². The van der Waals surface area contributed by atoms with E-state index < -0.39 is 17.4 Å². The number of carboxylic acids is 1. The lowest BCUT2D eigenvalue weighted by Gasteiger charge is -2.45. The van der Waals surface area contributed by atoms with Crippen molar-refractivity contribution in [3.63, 3.8) is 0 Å². The van der Waals surface area contributed by atoms with Gasteiger partial charge in [-0.1, -0.05) is 6.92 Å². The third-order valence-corrected chi connectivity index (χ3v) is 7.54. The van der Waals surface area contributed by atoms with Gasteiger partial charge < -0.3 is 14.9 Å². The summed E-state index contributed by atoms with van der Waals surface area (Å²) < 4.78 is 1.13. The summed E-state index contributed by atoms with van der Waals surface area (Å²) in [5.74, 6) is -0.751. The Labute approximate surface area is 155 Å². The van der Waals surface area contributed by atoms with E-state index in [0.717, 1.165) is 14.8 Å². The third kappa shape index (κ3) is 3.17. The molecule has 3 rings (SSSR count). The fourth-order valence-corrected chi connectivity index (χ4v) is 5.91. The molecule has 1 atom stereocenters. The number of aliphatic carboxylic acids is 1. The monoisotopic (exact) mass is 382 g/mol. The van der Waals surface area contributed by atoms with Crippen molar-refractivity contribution < 1.29 is 19.5 Å². The molecule has 2 aliphatic rings. The lowest BCUT2D eigenvalue weighted by Crippen LogP contribution is -2.56. The van der Waals surface area contributed by atoms with Gasteiger partial charge in [0.05, 0.1) is 20.5 Å². The first kappa shape index (κ1) is 18.3. The highest BCUT2D eigenvalue weighted by molar-refractivity contribution is 8.01. The Morgan fingerprint density at radius 1 is 1.36 bits per heavy atom. The second-order valence-corrected chi connectivity index (χ2v) is 9.14. The minimum absolute atomic E-state index is 0.00153. The zero-order valence-corrected chi connectivity index (χ0v) is 16.0. The van der Waals surface area contributed by atoms with Crippen LogP contribution < -0.4 is 0 Å². The van der Waals surface area contributed by atoms with Gasteiger partial charge in [-0.05, 0) is 30.7 Å². The van der Waals surface area contributed by atoms with Gasteiger partial charge >= 0.3 is 5.97 Å². The van der Waals surface area contributed by atoms with Crippen LogP contribution in [0.4, 0.5) is 0 Å². The minimum Gasteiger partial charge on any atom is -0.481 e. The number of hydrogen-bond acceptors (Lipinski definition) is 5. The van der Waals surface area contributed by atoms with E-state index >= 15 is 0 Å². The van der Waals surface area contributed by atoms with Gasteiger partial charge in [0.15, 0.2) is 0 Å². The highest BCUT2D eigenvalue weighted by atomic mass is 32.2. The van der Waals surface area contributed by atoms with E-state index in [-0.39, 0.29) is 18.2 Å². The molecular formula is C17H22N2O4S2. The van der Waals surface area contributed by atoms with E-state index in [1.54, 1.807) is 28.6 Å². The van der Waals surface area contributed by atoms with Crippen molar-refractivity contribution in [3.8, 4) is 0 Å². The molecule has 0 aromatic carbocycles. The number of thiophene rings is 1. The summed E-state index contributed by atoms with van der Waals surface area (Å²) in [5.41, 5.74) is -0.654. The topological polar surface area (TPSA) is 77.9 Å². The number of nitrogens with zero attached hydrogens (tertiary/aromatic N) is 2. The normalized spacial score (nSPS) is 22.6. The molecule has 6 nitrogen and oxygen atoms in total. The van der Waals surface area contributed by atoms with Crippen LogP contribution in [0.15, 0.2) is 16.3 Å². The third-order valence-electron chi connectivity index (χ3n) is 5.36. The molecule has 0 aliphatic carbocycles. The number of piperidine rings is 1. The van der Waals surface area contributed by atoms with Gasteiger partial charge in [-0.25, -0.2) is 0 Å². The Bertz CT molecular complexity index is 695. The molecule has 0 unspecified atom stereocenters. The van der Waals surface area contributed by atoms with Crippen molar-refractivity contribution in [3.05, 3.63) is 17.0 Å². The molecule has 25 heavy (non-hydrogen) atoms. The van der Waals surface area contributed by atoms with Crippen LogP contribution in [0, 0.1) is 5.92 Å². The summed E-state index contributed by atoms with van der Waals surface area (Å²) in [6.45, 7) is 3.04. The highest BCUT2D eigenvalue weighted by Crippen LogP contribution is 2.43. The predicted molar refractivity (Wildman–Crippen MR) is 97.1 cm³/mol. The molecule has 3 heterocycles. The van der Waals surface area contributed by atoms with Gasteiger partial charge in [-0.15, -0.1) is 23.1 Å². The van der Waals surface area contributed by atoms with Crippen LogP contribution in [0.3, 0.4) is 0 Å². The Hall–Kier alpha value is -1.54. The fraction of sp³-hybridized carbons (Fsp3) is 0.588. The van der Waals surface area contributed by atoms with Crippen LogP contribution in [0.2, 0.25) is 0 Å². The molecule has 2 fully saturated rings. The second kappa shape index (κ2) is 6.99. The average Bonchev–Trinajstić information content (AvgIpc) is 3.15. The first-order chi connectivity index (χ1) is 11.9. The van der Waals surface area contributed by atoms with E-state index in [9.17, 15) is 19.5 Å². The van der Waals surface area contributed by atoms with Crippen molar-refractivity contribution >= 4 is 40.9 Å². The maximum Gasteiger partial charge on any atom is 0.309 e. The zero-order chi connectivity index (χ0) is 18.2. The number of likely N-dealkylation sites (tertiary alicyclic amines) is 2. The van der Waals surface area contributed by atoms with Crippen LogP contribution in [0.25, 0.3) is 0 Å². The molecule has 1 spiro atoms. The first-order valence-corrected chi connectivity index (χ1v) is 10.2. The Morgan fingerprint density at radius 2 is 2.04 bits per heavy atom. The van der Waals surface area contributed by atoms with Crippen molar-refractivity contribution in [1.29, 1.82) is 0 Å². The molecular weight excluding hydrogens is 360 g/mol.